The van der Waals surface area contributed by atoms with Crippen LogP contribution < -0.4 is 15.8 Å². The number of carbonyl (C=O) groups is 2. The Morgan fingerprint density at radius 3 is 2.26 bits per heavy atom. The summed E-state index contributed by atoms with van der Waals surface area (Å²) in [6.45, 7) is 0. The normalized spacial score (nSPS) is 11.5. The number of fused-ring (bicyclic) bond motifs is 1. The zero-order valence-corrected chi connectivity index (χ0v) is 16.2. The van der Waals surface area contributed by atoms with E-state index in [-0.39, 0.29) is 5.69 Å². The molecule has 0 heterocycles. The molecule has 0 fully saturated rings. The summed E-state index contributed by atoms with van der Waals surface area (Å²) < 4.78 is 38.5. The Balaban J connectivity index is 2.01. The molecule has 0 aromatic heterocycles. The van der Waals surface area contributed by atoms with Crippen LogP contribution in [0.2, 0.25) is 0 Å². The number of amides is 2. The molecule has 0 atom stereocenters. The van der Waals surface area contributed by atoms with Crippen molar-refractivity contribution in [3.8, 4) is 0 Å². The SMILES string of the molecule is CN(C(=O)N(OC(=O)C(F)(F)F)c1ccc2cc(/C=N/N)ccc2c1)c1ccccc1. The first-order valence-corrected chi connectivity index (χ1v) is 8.90. The van der Waals surface area contributed by atoms with Crippen LogP contribution in [-0.2, 0) is 9.63 Å². The average Bonchev–Trinajstić information content (AvgIpc) is 2.76. The average molecular weight is 430 g/mol. The maximum Gasteiger partial charge on any atom is 0.493 e. The molecule has 0 saturated carbocycles. The highest BCUT2D eigenvalue weighted by molar-refractivity contribution is 6.04. The fraction of sp³-hybridized carbons (Fsp3) is 0.0952. The number of hydroxylamine groups is 1. The molecule has 0 spiro atoms. The van der Waals surface area contributed by atoms with E-state index in [0.717, 1.165) is 4.90 Å². The Morgan fingerprint density at radius 2 is 1.61 bits per heavy atom. The molecule has 160 valence electrons. The van der Waals surface area contributed by atoms with Gasteiger partial charge in [0.15, 0.2) is 0 Å². The Labute approximate surface area is 175 Å². The second-order valence-corrected chi connectivity index (χ2v) is 6.42. The number of hydrogen-bond donors (Lipinski definition) is 1. The van der Waals surface area contributed by atoms with Crippen molar-refractivity contribution >= 4 is 40.4 Å². The lowest BCUT2D eigenvalue weighted by Gasteiger charge is -2.27. The summed E-state index contributed by atoms with van der Waals surface area (Å²) >= 11 is 0. The molecular formula is C21H17F3N4O3. The fourth-order valence-electron chi connectivity index (χ4n) is 2.78. The molecule has 0 saturated heterocycles. The molecule has 3 aromatic rings. The molecule has 7 nitrogen and oxygen atoms in total. The fourth-order valence-corrected chi connectivity index (χ4v) is 2.78. The smallest absolute Gasteiger partial charge is 0.323 e. The van der Waals surface area contributed by atoms with Gasteiger partial charge < -0.3 is 10.7 Å². The van der Waals surface area contributed by atoms with Gasteiger partial charge in [0.1, 0.15) is 0 Å². The first kappa shape index (κ1) is 21.6. The minimum Gasteiger partial charge on any atom is -0.323 e. The van der Waals surface area contributed by atoms with Crippen molar-refractivity contribution in [3.63, 3.8) is 0 Å². The van der Waals surface area contributed by atoms with Gasteiger partial charge in [0, 0.05) is 12.7 Å². The van der Waals surface area contributed by atoms with Crippen LogP contribution in [0.1, 0.15) is 5.56 Å². The Kier molecular flexibility index (Phi) is 6.10. The molecule has 2 N–H and O–H groups in total. The second kappa shape index (κ2) is 8.74. The molecule has 3 rings (SSSR count). The molecule has 0 aliphatic carbocycles. The molecular weight excluding hydrogens is 413 g/mol. The molecule has 0 bridgehead atoms. The molecule has 10 heteroatoms. The Morgan fingerprint density at radius 1 is 0.968 bits per heavy atom. The first-order chi connectivity index (χ1) is 14.7. The van der Waals surface area contributed by atoms with E-state index in [4.69, 9.17) is 5.84 Å². The van der Waals surface area contributed by atoms with Crippen LogP contribution in [0.25, 0.3) is 10.8 Å². The summed E-state index contributed by atoms with van der Waals surface area (Å²) in [5, 5.41) is 5.06. The van der Waals surface area contributed by atoms with Crippen LogP contribution in [-0.4, -0.2) is 31.4 Å². The number of nitrogens with two attached hydrogens (primary N) is 1. The number of alkyl halides is 3. The number of rotatable bonds is 3. The van der Waals surface area contributed by atoms with Crippen molar-refractivity contribution in [3.05, 3.63) is 72.3 Å². The van der Waals surface area contributed by atoms with Crippen LogP contribution in [0.4, 0.5) is 29.3 Å². The lowest BCUT2D eigenvalue weighted by atomic mass is 10.1. The Hall–Kier alpha value is -4.08. The number of halogens is 3. The predicted molar refractivity (Wildman–Crippen MR) is 111 cm³/mol. The number of hydrogen-bond acceptors (Lipinski definition) is 5. The van der Waals surface area contributed by atoms with Gasteiger partial charge in [-0.05, 0) is 46.7 Å². The van der Waals surface area contributed by atoms with Gasteiger partial charge in [0.05, 0.1) is 11.9 Å². The number of para-hydroxylation sites is 1. The van der Waals surface area contributed by atoms with Crippen LogP contribution >= 0.6 is 0 Å². The number of urea groups is 1. The number of carbonyl (C=O) groups excluding carboxylic acids is 2. The zero-order chi connectivity index (χ0) is 22.6. The number of hydrazone groups is 1. The summed E-state index contributed by atoms with van der Waals surface area (Å²) in [6, 6.07) is 16.7. The van der Waals surface area contributed by atoms with E-state index in [0.29, 0.717) is 27.1 Å². The highest BCUT2D eigenvalue weighted by atomic mass is 19.4. The van der Waals surface area contributed by atoms with Gasteiger partial charge >= 0.3 is 18.2 Å². The molecule has 0 radical (unpaired) electrons. The predicted octanol–water partition coefficient (Wildman–Crippen LogP) is 4.22. The van der Waals surface area contributed by atoms with Crippen LogP contribution in [0.3, 0.4) is 0 Å². The van der Waals surface area contributed by atoms with Gasteiger partial charge in [-0.15, -0.1) is 5.06 Å². The van der Waals surface area contributed by atoms with Crippen molar-refractivity contribution < 1.29 is 27.6 Å². The van der Waals surface area contributed by atoms with Crippen molar-refractivity contribution in [2.45, 2.75) is 6.18 Å². The largest absolute Gasteiger partial charge is 0.493 e. The highest BCUT2D eigenvalue weighted by Crippen LogP contribution is 2.27. The van der Waals surface area contributed by atoms with Crippen molar-refractivity contribution in [2.75, 3.05) is 17.0 Å². The molecule has 31 heavy (non-hydrogen) atoms. The number of nitrogens with zero attached hydrogens (tertiary/aromatic N) is 3. The lowest BCUT2D eigenvalue weighted by molar-refractivity contribution is -0.199. The van der Waals surface area contributed by atoms with Crippen molar-refractivity contribution in [2.24, 2.45) is 10.9 Å². The van der Waals surface area contributed by atoms with E-state index in [1.165, 1.54) is 25.4 Å². The minimum absolute atomic E-state index is 0.0573. The van der Waals surface area contributed by atoms with Crippen LogP contribution in [0.5, 0.6) is 0 Å². The lowest BCUT2D eigenvalue weighted by Crippen LogP contribution is -2.45. The quantitative estimate of drug-likeness (QED) is 0.383. The zero-order valence-electron chi connectivity index (χ0n) is 16.2. The topological polar surface area (TPSA) is 88.2 Å². The van der Waals surface area contributed by atoms with Crippen LogP contribution in [0.15, 0.2) is 71.8 Å². The van der Waals surface area contributed by atoms with Gasteiger partial charge in [-0.2, -0.15) is 18.3 Å². The maximum atomic E-state index is 13.0. The van der Waals surface area contributed by atoms with Crippen LogP contribution in [0, 0.1) is 0 Å². The monoisotopic (exact) mass is 430 g/mol. The van der Waals surface area contributed by atoms with Gasteiger partial charge in [-0.3, -0.25) is 4.90 Å². The van der Waals surface area contributed by atoms with Gasteiger partial charge in [0.25, 0.3) is 0 Å². The van der Waals surface area contributed by atoms with E-state index in [1.54, 1.807) is 54.6 Å². The molecule has 0 aliphatic rings. The summed E-state index contributed by atoms with van der Waals surface area (Å²) in [6.07, 6.45) is -3.85. The summed E-state index contributed by atoms with van der Waals surface area (Å²) in [4.78, 5) is 30.0. The van der Waals surface area contributed by atoms with Crippen molar-refractivity contribution in [1.29, 1.82) is 0 Å². The second-order valence-electron chi connectivity index (χ2n) is 6.42. The molecule has 3 aromatic carbocycles. The van der Waals surface area contributed by atoms with E-state index in [9.17, 15) is 22.8 Å². The van der Waals surface area contributed by atoms with E-state index < -0.39 is 18.2 Å². The van der Waals surface area contributed by atoms with E-state index >= 15 is 0 Å². The van der Waals surface area contributed by atoms with Gasteiger partial charge in [-0.25, -0.2) is 9.59 Å². The standard InChI is InChI=1S/C21H17F3N4O3/c1-27(17-5-3-2-4-6-17)20(30)28(31-19(29)21(22,23)24)18-10-9-15-11-14(13-26-25)7-8-16(15)12-18/h2-13H,25H2,1H3/b26-13+. The molecule has 0 unspecified atom stereocenters. The van der Waals surface area contributed by atoms with Gasteiger partial charge in [0.2, 0.25) is 0 Å². The molecule has 2 amide bonds. The minimum atomic E-state index is -5.28. The summed E-state index contributed by atoms with van der Waals surface area (Å²) in [5.41, 5.74) is 1.05. The van der Waals surface area contributed by atoms with Gasteiger partial charge in [-0.1, -0.05) is 36.4 Å². The number of benzene rings is 3. The van der Waals surface area contributed by atoms with Crippen molar-refractivity contribution in [1.82, 2.24) is 0 Å². The maximum absolute atomic E-state index is 13.0. The van der Waals surface area contributed by atoms with E-state index in [1.807, 2.05) is 0 Å². The first-order valence-electron chi connectivity index (χ1n) is 8.90. The summed E-state index contributed by atoms with van der Waals surface area (Å²) in [5.74, 6) is 2.62. The third-order valence-corrected chi connectivity index (χ3v) is 4.32. The molecule has 0 aliphatic heterocycles. The van der Waals surface area contributed by atoms with E-state index in [2.05, 4.69) is 9.94 Å². The third-order valence-electron chi connectivity index (χ3n) is 4.32. The number of anilines is 2. The highest BCUT2D eigenvalue weighted by Gasteiger charge is 2.44. The Bertz CT molecular complexity index is 1130. The summed E-state index contributed by atoms with van der Waals surface area (Å²) in [7, 11) is 1.35. The third kappa shape index (κ3) is 4.92.